The van der Waals surface area contributed by atoms with Crippen molar-refractivity contribution in [2.45, 2.75) is 0 Å². The molecule has 0 bridgehead atoms. The molecule has 0 saturated heterocycles. The number of carbonyl (C=O) groups excluding carboxylic acids is 1. The first-order valence-corrected chi connectivity index (χ1v) is 6.50. The van der Waals surface area contributed by atoms with Gasteiger partial charge in [-0.25, -0.2) is 4.79 Å². The van der Waals surface area contributed by atoms with Crippen LogP contribution in [-0.2, 0) is 14.9 Å². The van der Waals surface area contributed by atoms with Crippen LogP contribution in [0.3, 0.4) is 0 Å². The Bertz CT molecular complexity index is 535. The molecular weight excluding hydrogens is 264 g/mol. The summed E-state index contributed by atoms with van der Waals surface area (Å²) in [6.45, 7) is 0. The third-order valence-electron chi connectivity index (χ3n) is 1.75. The molecule has 0 atom stereocenters. The number of methoxy groups -OCH3 is 2. The highest BCUT2D eigenvalue weighted by Gasteiger charge is 2.15. The van der Waals surface area contributed by atoms with Crippen LogP contribution >= 0.6 is 0 Å². The van der Waals surface area contributed by atoms with E-state index < -0.39 is 16.3 Å². The Morgan fingerprint density at radius 2 is 1.83 bits per heavy atom. The monoisotopic (exact) mass is 276 g/mol. The van der Waals surface area contributed by atoms with Crippen molar-refractivity contribution in [3.63, 3.8) is 0 Å². The molecule has 7 nitrogen and oxygen atoms in total. The standard InChI is InChI=1S/C10H12O7S/c1-14-7-4-5-8(17-18(3,12)13)9(6-7)16-10(11)15-2/h4-6H,1-3H3. The van der Waals surface area contributed by atoms with Crippen LogP contribution in [0.4, 0.5) is 4.79 Å². The van der Waals surface area contributed by atoms with Crippen LogP contribution in [0, 0.1) is 0 Å². The van der Waals surface area contributed by atoms with Gasteiger partial charge >= 0.3 is 16.3 Å². The Balaban J connectivity index is 3.11. The molecule has 18 heavy (non-hydrogen) atoms. The maximum atomic E-state index is 11.0. The molecule has 0 aliphatic rings. The largest absolute Gasteiger partial charge is 0.513 e. The fourth-order valence-electron chi connectivity index (χ4n) is 1.06. The SMILES string of the molecule is COC(=O)Oc1cc(OC)ccc1OS(C)(=O)=O. The third kappa shape index (κ3) is 4.13. The Kier molecular flexibility index (Phi) is 4.38. The minimum Gasteiger partial charge on any atom is -0.497 e. The minimum atomic E-state index is -3.73. The molecule has 0 aliphatic heterocycles. The Labute approximate surface area is 104 Å². The molecule has 0 N–H and O–H groups in total. The van der Waals surface area contributed by atoms with Crippen molar-refractivity contribution in [3.8, 4) is 17.2 Å². The molecule has 8 heteroatoms. The van der Waals surface area contributed by atoms with Gasteiger partial charge in [-0.2, -0.15) is 8.42 Å². The topological polar surface area (TPSA) is 88.1 Å². The van der Waals surface area contributed by atoms with Gasteiger partial charge < -0.3 is 18.4 Å². The first kappa shape index (κ1) is 14.1. The summed E-state index contributed by atoms with van der Waals surface area (Å²) >= 11 is 0. The van der Waals surface area contributed by atoms with Crippen LogP contribution in [0.25, 0.3) is 0 Å². The Morgan fingerprint density at radius 3 is 2.33 bits per heavy atom. The summed E-state index contributed by atoms with van der Waals surface area (Å²) in [7, 11) is -1.20. The highest BCUT2D eigenvalue weighted by molar-refractivity contribution is 7.86. The number of hydrogen-bond donors (Lipinski definition) is 0. The Morgan fingerprint density at radius 1 is 1.17 bits per heavy atom. The predicted molar refractivity (Wildman–Crippen MR) is 61.5 cm³/mol. The highest BCUT2D eigenvalue weighted by Crippen LogP contribution is 2.32. The summed E-state index contributed by atoms with van der Waals surface area (Å²) in [6.07, 6.45) is -0.124. The van der Waals surface area contributed by atoms with Crippen molar-refractivity contribution >= 4 is 16.3 Å². The van der Waals surface area contributed by atoms with Crippen molar-refractivity contribution in [1.29, 1.82) is 0 Å². The third-order valence-corrected chi connectivity index (χ3v) is 2.23. The number of ether oxygens (including phenoxy) is 3. The van der Waals surface area contributed by atoms with E-state index in [9.17, 15) is 13.2 Å². The summed E-state index contributed by atoms with van der Waals surface area (Å²) in [5, 5.41) is 0. The summed E-state index contributed by atoms with van der Waals surface area (Å²) in [6, 6.07) is 4.07. The average molecular weight is 276 g/mol. The zero-order chi connectivity index (χ0) is 13.8. The lowest BCUT2D eigenvalue weighted by atomic mass is 10.3. The van der Waals surface area contributed by atoms with Crippen LogP contribution in [0.5, 0.6) is 17.2 Å². The quantitative estimate of drug-likeness (QED) is 0.463. The van der Waals surface area contributed by atoms with Crippen molar-refractivity contribution in [2.24, 2.45) is 0 Å². The average Bonchev–Trinajstić information content (AvgIpc) is 2.29. The van der Waals surface area contributed by atoms with E-state index in [1.54, 1.807) is 0 Å². The Hall–Kier alpha value is -1.96. The molecule has 0 aliphatic carbocycles. The molecule has 0 spiro atoms. The van der Waals surface area contributed by atoms with Crippen LogP contribution in [0.2, 0.25) is 0 Å². The van der Waals surface area contributed by atoms with E-state index in [2.05, 4.69) is 8.92 Å². The molecule has 0 unspecified atom stereocenters. The molecule has 0 fully saturated rings. The molecule has 0 heterocycles. The maximum absolute atomic E-state index is 11.0. The van der Waals surface area contributed by atoms with Gasteiger partial charge in [0.25, 0.3) is 0 Å². The summed E-state index contributed by atoms with van der Waals surface area (Å²) < 4.78 is 40.7. The predicted octanol–water partition coefficient (Wildman–Crippen LogP) is 1.18. The molecule has 0 aromatic heterocycles. The van der Waals surface area contributed by atoms with Crippen LogP contribution in [0.15, 0.2) is 18.2 Å². The lowest BCUT2D eigenvalue weighted by Crippen LogP contribution is -2.11. The van der Waals surface area contributed by atoms with Crippen LogP contribution < -0.4 is 13.7 Å². The number of benzene rings is 1. The first-order chi connectivity index (χ1) is 8.35. The zero-order valence-electron chi connectivity index (χ0n) is 10.00. The first-order valence-electron chi connectivity index (χ1n) is 4.69. The fraction of sp³-hybridized carbons (Fsp3) is 0.300. The summed E-state index contributed by atoms with van der Waals surface area (Å²) in [5.41, 5.74) is 0. The van der Waals surface area contributed by atoms with E-state index in [4.69, 9.17) is 9.47 Å². The van der Waals surface area contributed by atoms with Crippen molar-refractivity contribution in [1.82, 2.24) is 0 Å². The molecule has 0 amide bonds. The van der Waals surface area contributed by atoms with Gasteiger partial charge in [-0.1, -0.05) is 0 Å². The number of rotatable bonds is 4. The molecule has 0 saturated carbocycles. The summed E-state index contributed by atoms with van der Waals surface area (Å²) in [5.74, 6) is 0.116. The fourth-order valence-corrected chi connectivity index (χ4v) is 1.52. The van der Waals surface area contributed by atoms with Crippen molar-refractivity contribution in [3.05, 3.63) is 18.2 Å². The van der Waals surface area contributed by atoms with Gasteiger partial charge in [0.2, 0.25) is 0 Å². The van der Waals surface area contributed by atoms with Gasteiger partial charge in [0.1, 0.15) is 5.75 Å². The lowest BCUT2D eigenvalue weighted by Gasteiger charge is -2.10. The molecule has 1 rings (SSSR count). The second kappa shape index (κ2) is 5.58. The highest BCUT2D eigenvalue weighted by atomic mass is 32.2. The van der Waals surface area contributed by atoms with E-state index in [0.717, 1.165) is 13.4 Å². The molecule has 1 aromatic rings. The van der Waals surface area contributed by atoms with E-state index in [-0.39, 0.29) is 11.5 Å². The minimum absolute atomic E-state index is 0.119. The van der Waals surface area contributed by atoms with Gasteiger partial charge in [0, 0.05) is 6.07 Å². The number of carbonyl (C=O) groups is 1. The van der Waals surface area contributed by atoms with Gasteiger partial charge in [-0.05, 0) is 12.1 Å². The van der Waals surface area contributed by atoms with Gasteiger partial charge in [-0.3, -0.25) is 0 Å². The van der Waals surface area contributed by atoms with E-state index in [1.807, 2.05) is 0 Å². The summed E-state index contributed by atoms with van der Waals surface area (Å²) in [4.78, 5) is 11.0. The maximum Gasteiger partial charge on any atom is 0.513 e. The normalized spacial score (nSPS) is 10.6. The van der Waals surface area contributed by atoms with Gasteiger partial charge in [-0.15, -0.1) is 0 Å². The van der Waals surface area contributed by atoms with Crippen LogP contribution in [-0.4, -0.2) is 35.0 Å². The molecular formula is C10H12O7S. The van der Waals surface area contributed by atoms with E-state index in [1.165, 1.54) is 25.3 Å². The molecule has 1 aromatic carbocycles. The molecule has 0 radical (unpaired) electrons. The zero-order valence-corrected chi connectivity index (χ0v) is 10.8. The van der Waals surface area contributed by atoms with Gasteiger partial charge in [0.05, 0.1) is 20.5 Å². The van der Waals surface area contributed by atoms with Crippen LogP contribution in [0.1, 0.15) is 0 Å². The molecule has 100 valence electrons. The smallest absolute Gasteiger partial charge is 0.497 e. The second-order valence-electron chi connectivity index (χ2n) is 3.16. The second-order valence-corrected chi connectivity index (χ2v) is 4.73. The van der Waals surface area contributed by atoms with Crippen molar-refractivity contribution in [2.75, 3.05) is 20.5 Å². The number of hydrogen-bond acceptors (Lipinski definition) is 7. The lowest BCUT2D eigenvalue weighted by molar-refractivity contribution is 0.120. The van der Waals surface area contributed by atoms with E-state index >= 15 is 0 Å². The van der Waals surface area contributed by atoms with E-state index in [0.29, 0.717) is 5.75 Å². The van der Waals surface area contributed by atoms with Gasteiger partial charge in [0.15, 0.2) is 11.5 Å². The van der Waals surface area contributed by atoms with Crippen molar-refractivity contribution < 1.29 is 31.6 Å².